The molecule has 0 saturated heterocycles. The molecule has 0 bridgehead atoms. The number of hydrogen-bond acceptors (Lipinski definition) is 6. The molecule has 0 aliphatic carbocycles. The molecule has 0 N–H and O–H groups in total. The van der Waals surface area contributed by atoms with Crippen molar-refractivity contribution in [1.29, 1.82) is 0 Å². The van der Waals surface area contributed by atoms with Crippen molar-refractivity contribution in [3.63, 3.8) is 0 Å². The third-order valence-electron chi connectivity index (χ3n) is 4.94. The fourth-order valence-corrected chi connectivity index (χ4v) is 4.14. The lowest BCUT2D eigenvalue weighted by Crippen LogP contribution is -2.27. The summed E-state index contributed by atoms with van der Waals surface area (Å²) in [7, 11) is 5.85. The minimum absolute atomic E-state index is 0.0453. The first-order chi connectivity index (χ1) is 15.0. The van der Waals surface area contributed by atoms with E-state index in [4.69, 9.17) is 4.42 Å². The van der Waals surface area contributed by atoms with Gasteiger partial charge in [-0.1, -0.05) is 42.1 Å². The van der Waals surface area contributed by atoms with Crippen LogP contribution in [0, 0.1) is 0 Å². The van der Waals surface area contributed by atoms with Crippen molar-refractivity contribution in [2.24, 2.45) is 0 Å². The largest absolute Gasteiger partial charge is 0.461 e. The maximum absolute atomic E-state index is 12.8. The zero-order valence-electron chi connectivity index (χ0n) is 17.8. The molecule has 0 spiro atoms. The maximum Gasteiger partial charge on any atom is 0.233 e. The Balaban J connectivity index is 1.47. The van der Waals surface area contributed by atoms with Crippen molar-refractivity contribution < 1.29 is 9.21 Å². The molecule has 4 rings (SSSR count). The second kappa shape index (κ2) is 9.22. The first kappa shape index (κ1) is 20.9. The zero-order chi connectivity index (χ0) is 21.8. The highest BCUT2D eigenvalue weighted by atomic mass is 32.2. The third-order valence-corrected chi connectivity index (χ3v) is 5.92. The Labute approximate surface area is 185 Å². The summed E-state index contributed by atoms with van der Waals surface area (Å²) in [5, 5.41) is 1.70. The Bertz CT molecular complexity index is 1170. The molecule has 0 aliphatic heterocycles. The van der Waals surface area contributed by atoms with E-state index in [0.717, 1.165) is 27.2 Å². The van der Waals surface area contributed by atoms with Gasteiger partial charge in [-0.15, -0.1) is 0 Å². The second-order valence-electron chi connectivity index (χ2n) is 7.45. The topological polar surface area (TPSA) is 62.5 Å². The molecule has 0 aliphatic rings. The highest BCUT2D eigenvalue weighted by Gasteiger charge is 2.15. The molecule has 0 radical (unpaired) electrons. The number of carbonyl (C=O) groups is 1. The number of amides is 1. The Morgan fingerprint density at radius 3 is 2.45 bits per heavy atom. The number of aromatic nitrogens is 2. The van der Waals surface area contributed by atoms with Crippen molar-refractivity contribution in [3.8, 4) is 11.6 Å². The highest BCUT2D eigenvalue weighted by Crippen LogP contribution is 2.28. The average Bonchev–Trinajstić information content (AvgIpc) is 3.32. The normalized spacial score (nSPS) is 10.9. The van der Waals surface area contributed by atoms with Crippen LogP contribution in [0.25, 0.3) is 22.5 Å². The third kappa shape index (κ3) is 4.88. The molecule has 7 heteroatoms. The standard InChI is InChI=1S/C24H24N4O2S/c1-27(2)18-12-10-17(11-13-18)15-28(3)22(29)16-31-24-19-7-4-5-8-20(19)25-23(26-24)21-9-6-14-30-21/h4-14H,15-16H2,1-3H3. The van der Waals surface area contributed by atoms with E-state index in [1.165, 1.54) is 11.8 Å². The van der Waals surface area contributed by atoms with Gasteiger partial charge in [0.15, 0.2) is 11.6 Å². The number of para-hydroxylation sites is 1. The smallest absolute Gasteiger partial charge is 0.233 e. The number of thioether (sulfide) groups is 1. The first-order valence-corrected chi connectivity index (χ1v) is 10.9. The number of nitrogens with zero attached hydrogens (tertiary/aromatic N) is 4. The fourth-order valence-electron chi connectivity index (χ4n) is 3.18. The summed E-state index contributed by atoms with van der Waals surface area (Å²) in [6, 6.07) is 19.7. The number of anilines is 1. The van der Waals surface area contributed by atoms with E-state index in [0.29, 0.717) is 23.9 Å². The van der Waals surface area contributed by atoms with Gasteiger partial charge in [0, 0.05) is 38.8 Å². The minimum Gasteiger partial charge on any atom is -0.461 e. The van der Waals surface area contributed by atoms with E-state index in [1.54, 1.807) is 11.2 Å². The van der Waals surface area contributed by atoms with Crippen LogP contribution >= 0.6 is 11.8 Å². The maximum atomic E-state index is 12.8. The van der Waals surface area contributed by atoms with Crippen molar-refractivity contribution in [2.45, 2.75) is 11.6 Å². The van der Waals surface area contributed by atoms with Crippen molar-refractivity contribution >= 4 is 34.3 Å². The summed E-state index contributed by atoms with van der Waals surface area (Å²) in [4.78, 5) is 25.8. The predicted molar refractivity (Wildman–Crippen MR) is 125 cm³/mol. The quantitative estimate of drug-likeness (QED) is 0.311. The molecule has 0 atom stereocenters. The second-order valence-corrected chi connectivity index (χ2v) is 8.41. The molecule has 1 amide bonds. The number of benzene rings is 2. The van der Waals surface area contributed by atoms with Crippen LogP contribution in [0.4, 0.5) is 5.69 Å². The lowest BCUT2D eigenvalue weighted by molar-refractivity contribution is -0.127. The molecule has 2 aromatic carbocycles. The Morgan fingerprint density at radius 1 is 0.968 bits per heavy atom. The fraction of sp³-hybridized carbons (Fsp3) is 0.208. The van der Waals surface area contributed by atoms with Crippen LogP contribution in [-0.4, -0.2) is 47.7 Å². The molecule has 4 aromatic rings. The first-order valence-electron chi connectivity index (χ1n) is 9.95. The van der Waals surface area contributed by atoms with Gasteiger partial charge in [0.1, 0.15) is 5.03 Å². The molecule has 0 unspecified atom stereocenters. The van der Waals surface area contributed by atoms with Gasteiger partial charge in [0.2, 0.25) is 5.91 Å². The predicted octanol–water partition coefficient (Wildman–Crippen LogP) is 4.71. The van der Waals surface area contributed by atoms with Crippen LogP contribution in [0.1, 0.15) is 5.56 Å². The van der Waals surface area contributed by atoms with Gasteiger partial charge >= 0.3 is 0 Å². The van der Waals surface area contributed by atoms with Crippen molar-refractivity contribution in [3.05, 3.63) is 72.5 Å². The van der Waals surface area contributed by atoms with Crippen LogP contribution in [0.5, 0.6) is 0 Å². The van der Waals surface area contributed by atoms with Crippen LogP contribution in [0.2, 0.25) is 0 Å². The zero-order valence-corrected chi connectivity index (χ0v) is 18.6. The minimum atomic E-state index is 0.0453. The lowest BCUT2D eigenvalue weighted by Gasteiger charge is -2.18. The molecule has 31 heavy (non-hydrogen) atoms. The summed E-state index contributed by atoms with van der Waals surface area (Å²) in [6.45, 7) is 0.565. The van der Waals surface area contributed by atoms with Gasteiger partial charge in [-0.05, 0) is 35.9 Å². The molecular weight excluding hydrogens is 408 g/mol. The number of furan rings is 1. The summed E-state index contributed by atoms with van der Waals surface area (Å²) < 4.78 is 5.46. The Morgan fingerprint density at radius 2 is 1.74 bits per heavy atom. The van der Waals surface area contributed by atoms with Crippen LogP contribution in [0.15, 0.2) is 76.4 Å². The van der Waals surface area contributed by atoms with Gasteiger partial charge in [-0.3, -0.25) is 4.79 Å². The highest BCUT2D eigenvalue weighted by molar-refractivity contribution is 8.00. The molecule has 0 fully saturated rings. The van der Waals surface area contributed by atoms with Crippen molar-refractivity contribution in [2.75, 3.05) is 31.8 Å². The molecular formula is C24H24N4O2S. The van der Waals surface area contributed by atoms with E-state index in [1.807, 2.05) is 57.5 Å². The SMILES string of the molecule is CN(Cc1ccc(N(C)C)cc1)C(=O)CSc1nc(-c2ccco2)nc2ccccc12. The van der Waals surface area contributed by atoms with Crippen LogP contribution in [-0.2, 0) is 11.3 Å². The van der Waals surface area contributed by atoms with Gasteiger partial charge in [0.25, 0.3) is 0 Å². The van der Waals surface area contributed by atoms with Crippen LogP contribution < -0.4 is 4.90 Å². The van der Waals surface area contributed by atoms with E-state index >= 15 is 0 Å². The number of carbonyl (C=O) groups excluding carboxylic acids is 1. The molecule has 158 valence electrons. The van der Waals surface area contributed by atoms with Gasteiger partial charge in [-0.25, -0.2) is 9.97 Å². The van der Waals surface area contributed by atoms with E-state index < -0.39 is 0 Å². The van der Waals surface area contributed by atoms with E-state index in [9.17, 15) is 4.79 Å². The summed E-state index contributed by atoms with van der Waals surface area (Å²) in [5.74, 6) is 1.47. The summed E-state index contributed by atoms with van der Waals surface area (Å²) in [5.41, 5.74) is 3.06. The molecule has 2 aromatic heterocycles. The van der Waals surface area contributed by atoms with Gasteiger partial charge in [0.05, 0.1) is 17.5 Å². The molecule has 0 saturated carbocycles. The van der Waals surface area contributed by atoms with E-state index in [2.05, 4.69) is 39.1 Å². The van der Waals surface area contributed by atoms with Crippen LogP contribution in [0.3, 0.4) is 0 Å². The number of fused-ring (bicyclic) bond motifs is 1. The Hall–Kier alpha value is -3.32. The molecule has 6 nitrogen and oxygen atoms in total. The number of rotatable bonds is 7. The lowest BCUT2D eigenvalue weighted by atomic mass is 10.2. The monoisotopic (exact) mass is 432 g/mol. The van der Waals surface area contributed by atoms with Gasteiger partial charge in [-0.2, -0.15) is 0 Å². The van der Waals surface area contributed by atoms with E-state index in [-0.39, 0.29) is 5.91 Å². The van der Waals surface area contributed by atoms with Gasteiger partial charge < -0.3 is 14.2 Å². The summed E-state index contributed by atoms with van der Waals surface area (Å²) >= 11 is 1.42. The molecule has 2 heterocycles. The Kier molecular flexibility index (Phi) is 6.23. The average molecular weight is 433 g/mol. The van der Waals surface area contributed by atoms with Crippen molar-refractivity contribution in [1.82, 2.24) is 14.9 Å². The summed E-state index contributed by atoms with van der Waals surface area (Å²) in [6.07, 6.45) is 1.60. The number of hydrogen-bond donors (Lipinski definition) is 0.